The first-order valence-electron chi connectivity index (χ1n) is 6.23. The van der Waals surface area contributed by atoms with E-state index in [0.717, 1.165) is 5.65 Å². The van der Waals surface area contributed by atoms with Gasteiger partial charge in [0, 0.05) is 22.5 Å². The van der Waals surface area contributed by atoms with Crippen LogP contribution in [-0.4, -0.2) is 9.97 Å². The standard InChI is InChI=1S/C16H12N2S/c1-10-9-18-16-15(10)13(4-6-17-16)12-3-2-11-5-7-19-14(11)8-12/h2-9H,1H3,(H,17,18). The number of nitrogens with zero attached hydrogens (tertiary/aromatic N) is 1. The summed E-state index contributed by atoms with van der Waals surface area (Å²) in [5.74, 6) is 0. The predicted octanol–water partition coefficient (Wildman–Crippen LogP) is 4.75. The molecule has 0 radical (unpaired) electrons. The van der Waals surface area contributed by atoms with Crippen molar-refractivity contribution in [3.05, 3.63) is 53.7 Å². The number of H-pyrrole nitrogens is 1. The molecule has 0 aliphatic rings. The third kappa shape index (κ3) is 1.59. The molecule has 2 nitrogen and oxygen atoms in total. The van der Waals surface area contributed by atoms with Crippen LogP contribution in [0.1, 0.15) is 5.56 Å². The number of rotatable bonds is 1. The molecule has 0 fully saturated rings. The zero-order valence-corrected chi connectivity index (χ0v) is 11.3. The Kier molecular flexibility index (Phi) is 2.23. The van der Waals surface area contributed by atoms with E-state index in [4.69, 9.17) is 0 Å². The second-order valence-corrected chi connectivity index (χ2v) is 5.67. The van der Waals surface area contributed by atoms with Crippen molar-refractivity contribution < 1.29 is 0 Å². The molecule has 1 aromatic carbocycles. The van der Waals surface area contributed by atoms with Crippen molar-refractivity contribution in [3.8, 4) is 11.1 Å². The van der Waals surface area contributed by atoms with Gasteiger partial charge in [-0.2, -0.15) is 0 Å². The number of fused-ring (bicyclic) bond motifs is 2. The van der Waals surface area contributed by atoms with Gasteiger partial charge in [0.1, 0.15) is 5.65 Å². The highest BCUT2D eigenvalue weighted by Gasteiger charge is 2.09. The van der Waals surface area contributed by atoms with Crippen molar-refractivity contribution in [1.82, 2.24) is 9.97 Å². The number of pyridine rings is 1. The van der Waals surface area contributed by atoms with E-state index in [1.807, 2.05) is 12.4 Å². The van der Waals surface area contributed by atoms with Gasteiger partial charge < -0.3 is 4.98 Å². The molecule has 4 rings (SSSR count). The van der Waals surface area contributed by atoms with Crippen LogP contribution in [0.4, 0.5) is 0 Å². The fourth-order valence-corrected chi connectivity index (χ4v) is 3.41. The van der Waals surface area contributed by atoms with E-state index in [-0.39, 0.29) is 0 Å². The summed E-state index contributed by atoms with van der Waals surface area (Å²) in [6, 6.07) is 10.9. The molecular formula is C16H12N2S. The van der Waals surface area contributed by atoms with E-state index in [0.29, 0.717) is 0 Å². The van der Waals surface area contributed by atoms with Gasteiger partial charge >= 0.3 is 0 Å². The molecule has 0 amide bonds. The molecule has 0 unspecified atom stereocenters. The predicted molar refractivity (Wildman–Crippen MR) is 81.6 cm³/mol. The summed E-state index contributed by atoms with van der Waals surface area (Å²) in [5.41, 5.74) is 4.70. The fraction of sp³-hybridized carbons (Fsp3) is 0.0625. The SMILES string of the molecule is Cc1c[nH]c2nccc(-c3ccc4ccsc4c3)c12. The van der Waals surface area contributed by atoms with Crippen molar-refractivity contribution >= 4 is 32.5 Å². The van der Waals surface area contributed by atoms with Crippen LogP contribution in [0, 0.1) is 6.92 Å². The molecule has 0 saturated heterocycles. The lowest BCUT2D eigenvalue weighted by molar-refractivity contribution is 1.32. The summed E-state index contributed by atoms with van der Waals surface area (Å²) in [5, 5.41) is 4.67. The smallest absolute Gasteiger partial charge is 0.138 e. The summed E-state index contributed by atoms with van der Waals surface area (Å²) in [6.07, 6.45) is 3.89. The maximum atomic E-state index is 4.39. The third-order valence-corrected chi connectivity index (χ3v) is 4.42. The Morgan fingerprint density at radius 1 is 1.16 bits per heavy atom. The Hall–Kier alpha value is -2.13. The molecule has 0 aliphatic carbocycles. The van der Waals surface area contributed by atoms with Crippen LogP contribution in [0.2, 0.25) is 0 Å². The van der Waals surface area contributed by atoms with Gasteiger partial charge in [0.15, 0.2) is 0 Å². The number of benzene rings is 1. The van der Waals surface area contributed by atoms with E-state index in [2.05, 4.69) is 52.6 Å². The van der Waals surface area contributed by atoms with Crippen molar-refractivity contribution in [2.75, 3.05) is 0 Å². The van der Waals surface area contributed by atoms with Crippen LogP contribution in [0.3, 0.4) is 0 Å². The van der Waals surface area contributed by atoms with Crippen LogP contribution >= 0.6 is 11.3 Å². The van der Waals surface area contributed by atoms with Crippen molar-refractivity contribution in [2.45, 2.75) is 6.92 Å². The lowest BCUT2D eigenvalue weighted by Crippen LogP contribution is -1.83. The highest BCUT2D eigenvalue weighted by atomic mass is 32.1. The average molecular weight is 264 g/mol. The Labute approximate surface area is 114 Å². The average Bonchev–Trinajstić information content (AvgIpc) is 3.05. The summed E-state index contributed by atoms with van der Waals surface area (Å²) in [7, 11) is 0. The van der Waals surface area contributed by atoms with Gasteiger partial charge in [-0.05, 0) is 52.6 Å². The zero-order valence-electron chi connectivity index (χ0n) is 10.5. The maximum absolute atomic E-state index is 4.39. The molecule has 19 heavy (non-hydrogen) atoms. The van der Waals surface area contributed by atoms with E-state index in [1.165, 1.54) is 32.2 Å². The molecule has 4 aromatic rings. The second-order valence-electron chi connectivity index (χ2n) is 4.73. The number of aryl methyl sites for hydroxylation is 1. The Bertz CT molecular complexity index is 886. The van der Waals surface area contributed by atoms with Gasteiger partial charge in [-0.15, -0.1) is 11.3 Å². The van der Waals surface area contributed by atoms with Crippen molar-refractivity contribution in [3.63, 3.8) is 0 Å². The molecule has 0 bridgehead atoms. The normalized spacial score (nSPS) is 11.4. The summed E-state index contributed by atoms with van der Waals surface area (Å²) < 4.78 is 1.33. The van der Waals surface area contributed by atoms with Crippen LogP contribution in [0.15, 0.2) is 48.1 Å². The van der Waals surface area contributed by atoms with Crippen LogP contribution in [0.25, 0.3) is 32.2 Å². The first-order valence-corrected chi connectivity index (χ1v) is 7.11. The van der Waals surface area contributed by atoms with E-state index in [9.17, 15) is 0 Å². The van der Waals surface area contributed by atoms with E-state index >= 15 is 0 Å². The first kappa shape index (κ1) is 10.8. The van der Waals surface area contributed by atoms with E-state index < -0.39 is 0 Å². The highest BCUT2D eigenvalue weighted by Crippen LogP contribution is 2.32. The summed E-state index contributed by atoms with van der Waals surface area (Å²) in [6.45, 7) is 2.12. The fourth-order valence-electron chi connectivity index (χ4n) is 2.58. The van der Waals surface area contributed by atoms with Crippen molar-refractivity contribution in [2.24, 2.45) is 0 Å². The van der Waals surface area contributed by atoms with E-state index in [1.54, 1.807) is 11.3 Å². The monoisotopic (exact) mass is 264 g/mol. The first-order chi connectivity index (χ1) is 9.33. The van der Waals surface area contributed by atoms with Crippen LogP contribution in [0.5, 0.6) is 0 Å². The van der Waals surface area contributed by atoms with Crippen LogP contribution in [-0.2, 0) is 0 Å². The van der Waals surface area contributed by atoms with Gasteiger partial charge in [0.25, 0.3) is 0 Å². The summed E-state index contributed by atoms with van der Waals surface area (Å²) in [4.78, 5) is 7.61. The largest absolute Gasteiger partial charge is 0.346 e. The molecule has 92 valence electrons. The van der Waals surface area contributed by atoms with Gasteiger partial charge in [0.2, 0.25) is 0 Å². The quantitative estimate of drug-likeness (QED) is 0.528. The number of aromatic amines is 1. The molecule has 1 N–H and O–H groups in total. The number of hydrogen-bond acceptors (Lipinski definition) is 2. The maximum Gasteiger partial charge on any atom is 0.138 e. The van der Waals surface area contributed by atoms with Gasteiger partial charge in [-0.3, -0.25) is 0 Å². The molecule has 3 aromatic heterocycles. The lowest BCUT2D eigenvalue weighted by atomic mass is 10.0. The number of aromatic nitrogens is 2. The topological polar surface area (TPSA) is 28.7 Å². The van der Waals surface area contributed by atoms with Crippen molar-refractivity contribution in [1.29, 1.82) is 0 Å². The van der Waals surface area contributed by atoms with Gasteiger partial charge in [0.05, 0.1) is 0 Å². The number of thiophene rings is 1. The molecule has 3 heterocycles. The molecule has 0 saturated carbocycles. The number of hydrogen-bond donors (Lipinski definition) is 1. The minimum atomic E-state index is 0.960. The third-order valence-electron chi connectivity index (χ3n) is 3.54. The second kappa shape index (κ2) is 3.93. The summed E-state index contributed by atoms with van der Waals surface area (Å²) >= 11 is 1.78. The molecule has 0 spiro atoms. The minimum absolute atomic E-state index is 0.960. The van der Waals surface area contributed by atoms with Crippen LogP contribution < -0.4 is 0 Å². The zero-order chi connectivity index (χ0) is 12.8. The highest BCUT2D eigenvalue weighted by molar-refractivity contribution is 7.17. The molecule has 0 aliphatic heterocycles. The molecule has 0 atom stereocenters. The lowest BCUT2D eigenvalue weighted by Gasteiger charge is -2.05. The number of nitrogens with one attached hydrogen (secondary N) is 1. The minimum Gasteiger partial charge on any atom is -0.346 e. The van der Waals surface area contributed by atoms with Gasteiger partial charge in [-0.1, -0.05) is 12.1 Å². The Morgan fingerprint density at radius 3 is 3.05 bits per heavy atom. The molecular weight excluding hydrogens is 252 g/mol. The Morgan fingerprint density at radius 2 is 2.11 bits per heavy atom. The molecule has 3 heteroatoms. The Balaban J connectivity index is 2.05. The van der Waals surface area contributed by atoms with Gasteiger partial charge in [-0.25, -0.2) is 4.98 Å².